The summed E-state index contributed by atoms with van der Waals surface area (Å²) in [6.45, 7) is 1.06. The van der Waals surface area contributed by atoms with E-state index in [1.165, 1.54) is 18.3 Å². The lowest BCUT2D eigenvalue weighted by Gasteiger charge is -2.35. The topological polar surface area (TPSA) is 110 Å². The van der Waals surface area contributed by atoms with Gasteiger partial charge in [-0.3, -0.25) is 14.6 Å². The molecule has 34 heavy (non-hydrogen) atoms. The van der Waals surface area contributed by atoms with Gasteiger partial charge in [-0.2, -0.15) is 18.2 Å². The number of aromatic nitrogens is 3. The fourth-order valence-corrected chi connectivity index (χ4v) is 3.49. The van der Waals surface area contributed by atoms with E-state index >= 15 is 0 Å². The van der Waals surface area contributed by atoms with Crippen molar-refractivity contribution in [3.05, 3.63) is 64.8 Å². The van der Waals surface area contributed by atoms with Gasteiger partial charge in [-0.15, -0.1) is 0 Å². The lowest BCUT2D eigenvalue weighted by Crippen LogP contribution is -2.53. The van der Waals surface area contributed by atoms with Crippen LogP contribution in [0.25, 0.3) is 11.4 Å². The summed E-state index contributed by atoms with van der Waals surface area (Å²) in [4.78, 5) is 34.3. The van der Waals surface area contributed by atoms with Crippen molar-refractivity contribution >= 4 is 23.4 Å². The van der Waals surface area contributed by atoms with Gasteiger partial charge in [0.15, 0.2) is 0 Å². The minimum Gasteiger partial charge on any atom is -0.377 e. The van der Waals surface area contributed by atoms with Crippen molar-refractivity contribution in [3.63, 3.8) is 0 Å². The van der Waals surface area contributed by atoms with E-state index in [0.717, 1.165) is 0 Å². The number of hydrogen-bond donors (Lipinski definition) is 1. The maximum absolute atomic E-state index is 12.9. The normalized spacial score (nSPS) is 16.4. The molecule has 0 radical (unpaired) electrons. The van der Waals surface area contributed by atoms with Crippen LogP contribution in [0.4, 0.5) is 13.2 Å². The number of amides is 2. The Bertz CT molecular complexity index is 1190. The van der Waals surface area contributed by atoms with Crippen LogP contribution in [-0.4, -0.2) is 64.2 Å². The third-order valence-corrected chi connectivity index (χ3v) is 5.22. The fourth-order valence-electron chi connectivity index (χ4n) is 3.30. The van der Waals surface area contributed by atoms with E-state index in [0.29, 0.717) is 23.7 Å². The smallest absolute Gasteiger partial charge is 0.377 e. The number of benzene rings is 1. The Morgan fingerprint density at radius 3 is 2.74 bits per heavy atom. The zero-order valence-corrected chi connectivity index (χ0v) is 18.1. The lowest BCUT2D eigenvalue weighted by atomic mass is 10.1. The number of carbonyl (C=O) groups excluding carboxylic acids is 2. The SMILES string of the molecule is O=C(NC[C@H]1COCCN1C(=O)c1cccc(Cl)c1)c1ccc(-c2noc(C(F)(F)F)n2)cn1. The molecule has 0 saturated carbocycles. The molecule has 1 saturated heterocycles. The molecule has 2 amide bonds. The lowest BCUT2D eigenvalue weighted by molar-refractivity contribution is -0.159. The Labute approximate surface area is 195 Å². The van der Waals surface area contributed by atoms with Gasteiger partial charge >= 0.3 is 12.1 Å². The number of ether oxygens (including phenoxy) is 1. The molecular weight excluding hydrogens is 479 g/mol. The molecule has 0 unspecified atom stereocenters. The van der Waals surface area contributed by atoms with Gasteiger partial charge in [-0.1, -0.05) is 22.8 Å². The van der Waals surface area contributed by atoms with Crippen LogP contribution in [0.2, 0.25) is 5.02 Å². The second kappa shape index (κ2) is 9.77. The molecule has 3 aromatic rings. The van der Waals surface area contributed by atoms with Crippen LogP contribution < -0.4 is 5.32 Å². The molecule has 0 spiro atoms. The summed E-state index contributed by atoms with van der Waals surface area (Å²) >= 11 is 5.98. The Morgan fingerprint density at radius 2 is 2.06 bits per heavy atom. The summed E-state index contributed by atoms with van der Waals surface area (Å²) in [5, 5.41) is 6.41. The van der Waals surface area contributed by atoms with Gasteiger partial charge in [0.25, 0.3) is 11.8 Å². The maximum Gasteiger partial charge on any atom is 0.471 e. The maximum atomic E-state index is 12.9. The predicted octanol–water partition coefficient (Wildman–Crippen LogP) is 3.07. The van der Waals surface area contributed by atoms with Crippen molar-refractivity contribution in [2.24, 2.45) is 0 Å². The standard InChI is InChI=1S/C21H17ClF3N5O4/c22-14-3-1-2-12(8-14)19(32)30-6-7-33-11-15(30)10-27-18(31)16-5-4-13(9-26-16)17-28-20(34-29-17)21(23,24)25/h1-5,8-9,15H,6-7,10-11H2,(H,27,31)/t15-/m0/s1. The van der Waals surface area contributed by atoms with Crippen LogP contribution in [0.5, 0.6) is 0 Å². The quantitative estimate of drug-likeness (QED) is 0.579. The van der Waals surface area contributed by atoms with Crippen molar-refractivity contribution < 1.29 is 32.0 Å². The highest BCUT2D eigenvalue weighted by atomic mass is 35.5. The Kier molecular flexibility index (Phi) is 6.80. The van der Waals surface area contributed by atoms with Gasteiger partial charge in [0.2, 0.25) is 5.82 Å². The van der Waals surface area contributed by atoms with Crippen molar-refractivity contribution in [3.8, 4) is 11.4 Å². The van der Waals surface area contributed by atoms with Gasteiger partial charge < -0.3 is 19.5 Å². The van der Waals surface area contributed by atoms with Gasteiger partial charge in [-0.05, 0) is 30.3 Å². The van der Waals surface area contributed by atoms with E-state index in [-0.39, 0.29) is 36.1 Å². The first-order valence-electron chi connectivity index (χ1n) is 10.0. The third-order valence-electron chi connectivity index (χ3n) is 4.98. The number of pyridine rings is 1. The molecule has 4 rings (SSSR count). The number of hydrogen-bond acceptors (Lipinski definition) is 7. The number of carbonyl (C=O) groups is 2. The molecule has 1 aliphatic rings. The molecule has 13 heteroatoms. The Balaban J connectivity index is 1.39. The monoisotopic (exact) mass is 495 g/mol. The minimum absolute atomic E-state index is 0.0211. The minimum atomic E-state index is -4.76. The highest BCUT2D eigenvalue weighted by Gasteiger charge is 2.38. The first kappa shape index (κ1) is 23.6. The van der Waals surface area contributed by atoms with E-state index in [1.807, 2.05) is 0 Å². The average Bonchev–Trinajstić information content (AvgIpc) is 3.33. The zero-order chi connectivity index (χ0) is 24.3. The molecule has 2 aromatic heterocycles. The van der Waals surface area contributed by atoms with E-state index < -0.39 is 24.0 Å². The van der Waals surface area contributed by atoms with Gasteiger partial charge in [0, 0.05) is 35.4 Å². The van der Waals surface area contributed by atoms with Crippen molar-refractivity contribution in [1.29, 1.82) is 0 Å². The zero-order valence-electron chi connectivity index (χ0n) is 17.4. The molecule has 0 aliphatic carbocycles. The summed E-state index contributed by atoms with van der Waals surface area (Å²) in [7, 11) is 0. The number of nitrogens with zero attached hydrogens (tertiary/aromatic N) is 4. The van der Waals surface area contributed by atoms with Crippen LogP contribution in [0.3, 0.4) is 0 Å². The van der Waals surface area contributed by atoms with E-state index in [9.17, 15) is 22.8 Å². The van der Waals surface area contributed by atoms with Crippen LogP contribution in [0.15, 0.2) is 47.1 Å². The third kappa shape index (κ3) is 5.34. The van der Waals surface area contributed by atoms with E-state index in [4.69, 9.17) is 16.3 Å². The van der Waals surface area contributed by atoms with Crippen molar-refractivity contribution in [2.45, 2.75) is 12.2 Å². The van der Waals surface area contributed by atoms with Crippen molar-refractivity contribution in [1.82, 2.24) is 25.3 Å². The number of nitrogens with one attached hydrogen (secondary N) is 1. The van der Waals surface area contributed by atoms with Gasteiger partial charge in [-0.25, -0.2) is 0 Å². The second-order valence-electron chi connectivity index (χ2n) is 7.30. The fraction of sp³-hybridized carbons (Fsp3) is 0.286. The number of halogens is 4. The summed E-state index contributed by atoms with van der Waals surface area (Å²) in [5.41, 5.74) is 0.598. The summed E-state index contributed by atoms with van der Waals surface area (Å²) < 4.78 is 47.5. The highest BCUT2D eigenvalue weighted by Crippen LogP contribution is 2.29. The number of rotatable bonds is 5. The molecule has 1 aliphatic heterocycles. The van der Waals surface area contributed by atoms with E-state index in [1.54, 1.807) is 29.2 Å². The van der Waals surface area contributed by atoms with Crippen molar-refractivity contribution in [2.75, 3.05) is 26.3 Å². The first-order valence-corrected chi connectivity index (χ1v) is 10.4. The summed E-state index contributed by atoms with van der Waals surface area (Å²) in [6, 6.07) is 8.84. The van der Waals surface area contributed by atoms with Gasteiger partial charge in [0.1, 0.15) is 5.69 Å². The average molecular weight is 496 g/mol. The summed E-state index contributed by atoms with van der Waals surface area (Å²) in [6.07, 6.45) is -3.60. The molecule has 0 bridgehead atoms. The van der Waals surface area contributed by atoms with Crippen LogP contribution >= 0.6 is 11.6 Å². The molecule has 1 atom stereocenters. The molecule has 1 aromatic carbocycles. The molecular formula is C21H17ClF3N5O4. The molecule has 178 valence electrons. The van der Waals surface area contributed by atoms with E-state index in [2.05, 4.69) is 25.0 Å². The molecule has 3 heterocycles. The molecule has 1 N–H and O–H groups in total. The van der Waals surface area contributed by atoms with Gasteiger partial charge in [0.05, 0.1) is 19.3 Å². The Hall–Kier alpha value is -3.51. The van der Waals surface area contributed by atoms with Crippen LogP contribution in [-0.2, 0) is 10.9 Å². The number of morpholine rings is 1. The predicted molar refractivity (Wildman–Crippen MR) is 112 cm³/mol. The second-order valence-corrected chi connectivity index (χ2v) is 7.74. The van der Waals surface area contributed by atoms with Crippen LogP contribution in [0, 0.1) is 0 Å². The summed E-state index contributed by atoms with van der Waals surface area (Å²) in [5.74, 6) is -2.54. The Morgan fingerprint density at radius 1 is 1.24 bits per heavy atom. The highest BCUT2D eigenvalue weighted by molar-refractivity contribution is 6.30. The largest absolute Gasteiger partial charge is 0.471 e. The van der Waals surface area contributed by atoms with Crippen LogP contribution in [0.1, 0.15) is 26.7 Å². The molecule has 1 fully saturated rings. The number of alkyl halides is 3. The molecule has 9 nitrogen and oxygen atoms in total. The first-order chi connectivity index (χ1) is 16.2.